The van der Waals surface area contributed by atoms with Crippen molar-refractivity contribution >= 4 is 43.5 Å². The predicted octanol–water partition coefficient (Wildman–Crippen LogP) is 4.78. The number of sulfonamides is 1. The number of hydrogen-bond acceptors (Lipinski definition) is 5. The van der Waals surface area contributed by atoms with Crippen LogP contribution in [-0.4, -0.2) is 56.6 Å². The van der Waals surface area contributed by atoms with Crippen molar-refractivity contribution in [3.63, 3.8) is 0 Å². The van der Waals surface area contributed by atoms with Crippen LogP contribution in [0.3, 0.4) is 0 Å². The van der Waals surface area contributed by atoms with Crippen molar-refractivity contribution in [2.45, 2.75) is 45.3 Å². The van der Waals surface area contributed by atoms with Crippen molar-refractivity contribution in [1.82, 2.24) is 10.2 Å². The fraction of sp³-hybridized carbons (Fsp3) is 0.333. The highest BCUT2D eigenvalue weighted by Gasteiger charge is 2.34. The number of carbonyl (C=O) groups excluding carboxylic acids is 2. The minimum Gasteiger partial charge on any atom is -0.497 e. The molecule has 0 unspecified atom stereocenters. The first kappa shape index (κ1) is 31.2. The fourth-order valence-corrected chi connectivity index (χ4v) is 5.28. The third-order valence-corrected chi connectivity index (χ3v) is 7.73. The van der Waals surface area contributed by atoms with Crippen LogP contribution in [0.2, 0.25) is 0 Å². The Kier molecular flexibility index (Phi) is 10.4. The molecule has 0 fully saturated rings. The van der Waals surface area contributed by atoms with E-state index in [0.29, 0.717) is 5.75 Å². The summed E-state index contributed by atoms with van der Waals surface area (Å²) in [4.78, 5) is 29.3. The Morgan fingerprint density at radius 3 is 2.17 bits per heavy atom. The second kappa shape index (κ2) is 13.3. The molecule has 0 radical (unpaired) electrons. The van der Waals surface area contributed by atoms with Crippen LogP contribution >= 0.6 is 15.9 Å². The average molecular weight is 631 g/mol. The van der Waals surface area contributed by atoms with E-state index in [2.05, 4.69) is 21.2 Å². The molecule has 3 aromatic carbocycles. The van der Waals surface area contributed by atoms with Crippen LogP contribution in [0.15, 0.2) is 83.3 Å². The van der Waals surface area contributed by atoms with Crippen LogP contribution in [0.1, 0.15) is 31.9 Å². The quantitative estimate of drug-likeness (QED) is 0.329. The maximum atomic E-state index is 14.1. The average Bonchev–Trinajstić information content (AvgIpc) is 2.89. The molecule has 3 rings (SSSR count). The van der Waals surface area contributed by atoms with Crippen molar-refractivity contribution in [2.75, 3.05) is 24.2 Å². The van der Waals surface area contributed by atoms with E-state index in [1.165, 1.54) is 12.0 Å². The molecule has 0 spiro atoms. The van der Waals surface area contributed by atoms with Crippen LogP contribution in [0.5, 0.6) is 5.75 Å². The van der Waals surface area contributed by atoms with Gasteiger partial charge < -0.3 is 15.0 Å². The Morgan fingerprint density at radius 2 is 1.60 bits per heavy atom. The van der Waals surface area contributed by atoms with Gasteiger partial charge in [-0.25, -0.2) is 8.42 Å². The number of carbonyl (C=O) groups is 2. The third-order valence-electron chi connectivity index (χ3n) is 6.06. The predicted molar refractivity (Wildman–Crippen MR) is 162 cm³/mol. The lowest BCUT2D eigenvalue weighted by Gasteiger charge is -2.35. The lowest BCUT2D eigenvalue weighted by atomic mass is 10.0. The summed E-state index contributed by atoms with van der Waals surface area (Å²) in [6.45, 7) is 5.24. The van der Waals surface area contributed by atoms with Gasteiger partial charge in [-0.1, -0.05) is 64.5 Å². The van der Waals surface area contributed by atoms with Crippen molar-refractivity contribution < 1.29 is 22.7 Å². The molecule has 0 bridgehead atoms. The van der Waals surface area contributed by atoms with Gasteiger partial charge in [-0.2, -0.15) is 0 Å². The molecule has 0 saturated heterocycles. The van der Waals surface area contributed by atoms with E-state index in [1.54, 1.807) is 24.3 Å². The maximum absolute atomic E-state index is 14.1. The van der Waals surface area contributed by atoms with Gasteiger partial charge in [0.15, 0.2) is 0 Å². The molecule has 2 amide bonds. The number of rotatable bonds is 11. The van der Waals surface area contributed by atoms with Crippen molar-refractivity contribution in [3.8, 4) is 5.75 Å². The van der Waals surface area contributed by atoms with Crippen molar-refractivity contribution in [2.24, 2.45) is 0 Å². The number of nitrogens with zero attached hydrogens (tertiary/aromatic N) is 2. The molecule has 0 saturated carbocycles. The molecule has 0 aliphatic heterocycles. The lowest BCUT2D eigenvalue weighted by Crippen LogP contribution is -2.56. The number of benzene rings is 3. The number of amides is 2. The summed E-state index contributed by atoms with van der Waals surface area (Å²) in [6, 6.07) is 22.5. The van der Waals surface area contributed by atoms with Crippen LogP contribution in [0, 0.1) is 0 Å². The van der Waals surface area contributed by atoms with Gasteiger partial charge in [0.1, 0.15) is 18.3 Å². The summed E-state index contributed by atoms with van der Waals surface area (Å²) in [6.07, 6.45) is 1.30. The molecule has 3 aromatic rings. The number of methoxy groups -OCH3 is 1. The zero-order valence-corrected chi connectivity index (χ0v) is 25.8. The van der Waals surface area contributed by atoms with Crippen molar-refractivity contribution in [3.05, 3.63) is 94.5 Å². The van der Waals surface area contributed by atoms with E-state index in [1.807, 2.05) is 75.4 Å². The highest BCUT2D eigenvalue weighted by Crippen LogP contribution is 2.24. The van der Waals surface area contributed by atoms with E-state index >= 15 is 0 Å². The van der Waals surface area contributed by atoms with Gasteiger partial charge in [-0.3, -0.25) is 13.9 Å². The molecule has 214 valence electrons. The summed E-state index contributed by atoms with van der Waals surface area (Å²) in [7, 11) is -2.38. The van der Waals surface area contributed by atoms with Gasteiger partial charge in [-0.05, 0) is 56.2 Å². The number of nitrogens with one attached hydrogen (secondary N) is 1. The molecule has 0 aliphatic carbocycles. The lowest BCUT2D eigenvalue weighted by molar-refractivity contribution is -0.140. The molecule has 1 atom stereocenters. The minimum absolute atomic E-state index is 0.108. The molecular weight excluding hydrogens is 594 g/mol. The van der Waals surface area contributed by atoms with Gasteiger partial charge in [0.2, 0.25) is 21.8 Å². The van der Waals surface area contributed by atoms with Gasteiger partial charge in [-0.15, -0.1) is 0 Å². The number of hydrogen-bond donors (Lipinski definition) is 1. The number of ether oxygens (including phenoxy) is 1. The highest BCUT2D eigenvalue weighted by atomic mass is 79.9. The first-order valence-electron chi connectivity index (χ1n) is 12.8. The second-order valence-electron chi connectivity index (χ2n) is 10.6. The molecule has 8 nitrogen and oxygen atoms in total. The normalized spacial score (nSPS) is 12.3. The summed E-state index contributed by atoms with van der Waals surface area (Å²) in [5.41, 5.74) is 1.42. The smallest absolute Gasteiger partial charge is 0.244 e. The molecule has 0 aromatic heterocycles. The second-order valence-corrected chi connectivity index (χ2v) is 13.4. The first-order chi connectivity index (χ1) is 18.8. The summed E-state index contributed by atoms with van der Waals surface area (Å²) in [5, 5.41) is 3.01. The summed E-state index contributed by atoms with van der Waals surface area (Å²) < 4.78 is 33.0. The highest BCUT2D eigenvalue weighted by molar-refractivity contribution is 9.10. The van der Waals surface area contributed by atoms with Crippen molar-refractivity contribution in [1.29, 1.82) is 0 Å². The molecule has 0 aliphatic rings. The van der Waals surface area contributed by atoms with Crippen LogP contribution in [0.4, 0.5) is 5.69 Å². The van der Waals surface area contributed by atoms with Gasteiger partial charge in [0, 0.05) is 29.0 Å². The summed E-state index contributed by atoms with van der Waals surface area (Å²) in [5.74, 6) is -0.382. The number of halogens is 1. The fourth-order valence-electron chi connectivity index (χ4n) is 4.17. The molecular formula is C30H36BrN3O5S. The zero-order chi connectivity index (χ0) is 29.5. The van der Waals surface area contributed by atoms with E-state index in [-0.39, 0.29) is 24.6 Å². The zero-order valence-electron chi connectivity index (χ0n) is 23.4. The molecule has 40 heavy (non-hydrogen) atoms. The SMILES string of the molecule is COc1cccc(N(CC(=O)N(Cc2ccc(Br)cc2)[C@H](Cc2ccccc2)C(=O)NC(C)(C)C)S(C)(=O)=O)c1. The largest absolute Gasteiger partial charge is 0.497 e. The van der Waals surface area contributed by atoms with E-state index in [9.17, 15) is 18.0 Å². The number of anilines is 1. The maximum Gasteiger partial charge on any atom is 0.244 e. The first-order valence-corrected chi connectivity index (χ1v) is 15.4. The molecule has 0 heterocycles. The Bertz CT molecular complexity index is 1410. The standard InChI is InChI=1S/C30H36BrN3O5S/c1-30(2,3)32-29(36)27(18-22-10-7-6-8-11-22)33(20-23-14-16-24(31)17-15-23)28(35)21-34(40(5,37)38)25-12-9-13-26(19-25)39-4/h6-17,19,27H,18,20-21H2,1-5H3,(H,32,36)/t27-/m1/s1. The van der Waals surface area contributed by atoms with Crippen LogP contribution < -0.4 is 14.4 Å². The van der Waals surface area contributed by atoms with E-state index in [0.717, 1.165) is 26.2 Å². The van der Waals surface area contributed by atoms with Crippen LogP contribution in [-0.2, 0) is 32.6 Å². The van der Waals surface area contributed by atoms with E-state index in [4.69, 9.17) is 4.74 Å². The minimum atomic E-state index is -3.86. The summed E-state index contributed by atoms with van der Waals surface area (Å²) >= 11 is 3.43. The molecule has 1 N–H and O–H groups in total. The third kappa shape index (κ3) is 9.09. The molecule has 10 heteroatoms. The Hall–Kier alpha value is -3.37. The van der Waals surface area contributed by atoms with Gasteiger partial charge in [0.25, 0.3) is 0 Å². The monoisotopic (exact) mass is 629 g/mol. The van der Waals surface area contributed by atoms with Crippen LogP contribution in [0.25, 0.3) is 0 Å². The Labute approximate surface area is 245 Å². The Morgan fingerprint density at radius 1 is 0.950 bits per heavy atom. The van der Waals surface area contributed by atoms with E-state index < -0.39 is 34.1 Å². The Balaban J connectivity index is 2.07. The topological polar surface area (TPSA) is 96.0 Å². The van der Waals surface area contributed by atoms with Gasteiger partial charge >= 0.3 is 0 Å². The van der Waals surface area contributed by atoms with Gasteiger partial charge in [0.05, 0.1) is 19.1 Å².